The molecule has 1 aliphatic rings. The first kappa shape index (κ1) is 22.2. The lowest BCUT2D eigenvalue weighted by Crippen LogP contribution is -2.43. The first-order valence-corrected chi connectivity index (χ1v) is 10.3. The minimum Gasteiger partial charge on any atom is -0.485 e. The van der Waals surface area contributed by atoms with Crippen LogP contribution in [0.1, 0.15) is 34.7 Å². The lowest BCUT2D eigenvalue weighted by Gasteiger charge is -2.31. The SMILES string of the molecule is Cn1ncc(OCc2c(-c3ccc(Cl)cc3)noc2CO)c1C(=O)N1CCC(F)(F)CC1. The number of halogens is 3. The number of hydrogen-bond acceptors (Lipinski definition) is 6. The molecule has 0 spiro atoms. The van der Waals surface area contributed by atoms with Crippen LogP contribution in [0.3, 0.4) is 0 Å². The summed E-state index contributed by atoms with van der Waals surface area (Å²) < 4.78 is 39.4. The van der Waals surface area contributed by atoms with E-state index >= 15 is 0 Å². The average molecular weight is 467 g/mol. The lowest BCUT2D eigenvalue weighted by atomic mass is 10.1. The van der Waals surface area contributed by atoms with Crippen LogP contribution in [-0.4, -0.2) is 49.9 Å². The molecule has 1 aliphatic heterocycles. The molecule has 32 heavy (non-hydrogen) atoms. The molecule has 8 nitrogen and oxygen atoms in total. The Morgan fingerprint density at radius 2 is 1.97 bits per heavy atom. The molecule has 3 aromatic rings. The second-order valence-corrected chi connectivity index (χ2v) is 7.95. The number of aryl methyl sites for hydroxylation is 1. The van der Waals surface area contributed by atoms with E-state index in [1.165, 1.54) is 15.8 Å². The van der Waals surface area contributed by atoms with Gasteiger partial charge in [-0.05, 0) is 12.1 Å². The standard InChI is InChI=1S/C21H21ClF2N4O4/c1-27-19(20(30)28-8-6-21(23,24)7-9-28)16(10-25-27)31-12-15-17(11-29)32-26-18(15)13-2-4-14(22)5-3-13/h2-5,10,29H,6-9,11-12H2,1H3. The van der Waals surface area contributed by atoms with Crippen LogP contribution in [0.15, 0.2) is 35.0 Å². The van der Waals surface area contributed by atoms with E-state index in [-0.39, 0.29) is 56.3 Å². The minimum absolute atomic E-state index is 0.0442. The number of carbonyl (C=O) groups excluding carboxylic acids is 1. The van der Waals surface area contributed by atoms with E-state index in [9.17, 15) is 18.7 Å². The fourth-order valence-electron chi connectivity index (χ4n) is 3.55. The molecule has 4 rings (SSSR count). The second kappa shape index (κ2) is 8.87. The van der Waals surface area contributed by atoms with E-state index in [1.54, 1.807) is 31.3 Å². The summed E-state index contributed by atoms with van der Waals surface area (Å²) >= 11 is 5.95. The van der Waals surface area contributed by atoms with Crippen molar-refractivity contribution in [3.8, 4) is 17.0 Å². The number of hydrogen-bond donors (Lipinski definition) is 1. The van der Waals surface area contributed by atoms with E-state index in [4.69, 9.17) is 20.9 Å². The number of rotatable bonds is 6. The van der Waals surface area contributed by atoms with Gasteiger partial charge < -0.3 is 19.3 Å². The van der Waals surface area contributed by atoms with Gasteiger partial charge >= 0.3 is 0 Å². The van der Waals surface area contributed by atoms with Gasteiger partial charge in [0.1, 0.15) is 18.9 Å². The molecular weight excluding hydrogens is 446 g/mol. The number of likely N-dealkylation sites (tertiary alicyclic amines) is 1. The number of alkyl halides is 2. The van der Waals surface area contributed by atoms with E-state index in [1.807, 2.05) is 0 Å². The van der Waals surface area contributed by atoms with Gasteiger partial charge in [0.2, 0.25) is 0 Å². The lowest BCUT2D eigenvalue weighted by molar-refractivity contribution is -0.0496. The first-order chi connectivity index (χ1) is 15.3. The van der Waals surface area contributed by atoms with Crippen molar-refractivity contribution >= 4 is 17.5 Å². The monoisotopic (exact) mass is 466 g/mol. The van der Waals surface area contributed by atoms with Gasteiger partial charge in [-0.25, -0.2) is 8.78 Å². The van der Waals surface area contributed by atoms with Gasteiger partial charge in [0.25, 0.3) is 11.8 Å². The van der Waals surface area contributed by atoms with Crippen molar-refractivity contribution in [3.63, 3.8) is 0 Å². The summed E-state index contributed by atoms with van der Waals surface area (Å²) in [6, 6.07) is 6.93. The van der Waals surface area contributed by atoms with Crippen molar-refractivity contribution in [1.82, 2.24) is 19.8 Å². The summed E-state index contributed by atoms with van der Waals surface area (Å²) in [5, 5.41) is 18.3. The van der Waals surface area contributed by atoms with Gasteiger partial charge in [0.05, 0.1) is 11.8 Å². The van der Waals surface area contributed by atoms with Gasteiger partial charge in [0.15, 0.2) is 17.2 Å². The Bertz CT molecular complexity index is 1100. The predicted octanol–water partition coefficient (Wildman–Crippen LogP) is 3.67. The van der Waals surface area contributed by atoms with Crippen molar-refractivity contribution in [3.05, 3.63) is 52.5 Å². The summed E-state index contributed by atoms with van der Waals surface area (Å²) in [5.74, 6) is -2.76. The average Bonchev–Trinajstić information content (AvgIpc) is 3.35. The van der Waals surface area contributed by atoms with Crippen LogP contribution in [0.4, 0.5) is 8.78 Å². The van der Waals surface area contributed by atoms with E-state index < -0.39 is 11.8 Å². The third-order valence-electron chi connectivity index (χ3n) is 5.39. The molecule has 11 heteroatoms. The zero-order chi connectivity index (χ0) is 22.9. The summed E-state index contributed by atoms with van der Waals surface area (Å²) in [6.45, 7) is -0.531. The van der Waals surface area contributed by atoms with Gasteiger partial charge in [-0.1, -0.05) is 28.9 Å². The van der Waals surface area contributed by atoms with Crippen LogP contribution in [0.5, 0.6) is 5.75 Å². The van der Waals surface area contributed by atoms with Crippen LogP contribution in [0.2, 0.25) is 5.02 Å². The van der Waals surface area contributed by atoms with Crippen LogP contribution in [0, 0.1) is 0 Å². The fourth-order valence-corrected chi connectivity index (χ4v) is 3.68. The zero-order valence-corrected chi connectivity index (χ0v) is 18.0. The molecule has 0 bridgehead atoms. The van der Waals surface area contributed by atoms with E-state index in [0.29, 0.717) is 21.8 Å². The molecule has 0 unspecified atom stereocenters. The van der Waals surface area contributed by atoms with Gasteiger partial charge in [-0.15, -0.1) is 0 Å². The van der Waals surface area contributed by atoms with E-state index in [0.717, 1.165) is 0 Å². The summed E-state index contributed by atoms with van der Waals surface area (Å²) in [6.07, 6.45) is 0.634. The Morgan fingerprint density at radius 3 is 2.62 bits per heavy atom. The van der Waals surface area contributed by atoms with E-state index in [2.05, 4.69) is 10.3 Å². The molecule has 1 fully saturated rings. The highest BCUT2D eigenvalue weighted by Gasteiger charge is 2.37. The number of aliphatic hydroxyl groups is 1. The predicted molar refractivity (Wildman–Crippen MR) is 110 cm³/mol. The Morgan fingerprint density at radius 1 is 1.28 bits per heavy atom. The fraction of sp³-hybridized carbons (Fsp3) is 0.381. The van der Waals surface area contributed by atoms with Gasteiger partial charge in [0, 0.05) is 43.6 Å². The van der Waals surface area contributed by atoms with Crippen molar-refractivity contribution in [2.45, 2.75) is 32.0 Å². The molecule has 0 atom stereocenters. The van der Waals surface area contributed by atoms with Crippen molar-refractivity contribution in [2.24, 2.45) is 7.05 Å². The second-order valence-electron chi connectivity index (χ2n) is 7.52. The maximum Gasteiger partial charge on any atom is 0.275 e. The third-order valence-corrected chi connectivity index (χ3v) is 5.64. The maximum absolute atomic E-state index is 13.5. The summed E-state index contributed by atoms with van der Waals surface area (Å²) in [4.78, 5) is 14.3. The van der Waals surface area contributed by atoms with Crippen LogP contribution in [0.25, 0.3) is 11.3 Å². The molecule has 2 aromatic heterocycles. The first-order valence-electron chi connectivity index (χ1n) is 9.95. The van der Waals surface area contributed by atoms with Crippen LogP contribution < -0.4 is 4.74 Å². The molecule has 3 heterocycles. The topological polar surface area (TPSA) is 93.6 Å². The van der Waals surface area contributed by atoms with Crippen molar-refractivity contribution < 1.29 is 27.9 Å². The van der Waals surface area contributed by atoms with Crippen molar-refractivity contribution in [2.75, 3.05) is 13.1 Å². The number of aliphatic hydroxyl groups excluding tert-OH is 1. The third kappa shape index (κ3) is 4.46. The number of amides is 1. The molecule has 0 radical (unpaired) electrons. The maximum atomic E-state index is 13.5. The Kier molecular flexibility index (Phi) is 6.16. The molecule has 170 valence electrons. The quantitative estimate of drug-likeness (QED) is 0.595. The molecule has 1 aromatic carbocycles. The Balaban J connectivity index is 1.55. The van der Waals surface area contributed by atoms with Crippen LogP contribution >= 0.6 is 11.6 Å². The minimum atomic E-state index is -2.75. The number of aromatic nitrogens is 3. The largest absolute Gasteiger partial charge is 0.485 e. The molecule has 1 amide bonds. The summed E-state index contributed by atoms with van der Waals surface area (Å²) in [5.41, 5.74) is 1.86. The van der Waals surface area contributed by atoms with Crippen LogP contribution in [-0.2, 0) is 20.3 Å². The van der Waals surface area contributed by atoms with Gasteiger partial charge in [-0.3, -0.25) is 9.48 Å². The number of benzene rings is 1. The highest BCUT2D eigenvalue weighted by molar-refractivity contribution is 6.30. The highest BCUT2D eigenvalue weighted by Crippen LogP contribution is 2.31. The summed E-state index contributed by atoms with van der Waals surface area (Å²) in [7, 11) is 1.58. The smallest absolute Gasteiger partial charge is 0.275 e. The number of ether oxygens (including phenoxy) is 1. The molecule has 0 saturated carbocycles. The normalized spacial score (nSPS) is 15.7. The van der Waals surface area contributed by atoms with Crippen molar-refractivity contribution in [1.29, 1.82) is 0 Å². The van der Waals surface area contributed by atoms with Gasteiger partial charge in [-0.2, -0.15) is 5.10 Å². The number of piperidine rings is 1. The number of carbonyl (C=O) groups is 1. The molecule has 1 saturated heterocycles. The molecule has 0 aliphatic carbocycles. The Hall–Kier alpha value is -2.98. The highest BCUT2D eigenvalue weighted by atomic mass is 35.5. The molecule has 1 N–H and O–H groups in total. The molecular formula is C21H21ClF2N4O4. The number of nitrogens with zero attached hydrogens (tertiary/aromatic N) is 4. The Labute approximate surface area is 187 Å². The zero-order valence-electron chi connectivity index (χ0n) is 17.2.